The number of fused-ring (bicyclic) bond motifs is 2. The van der Waals surface area contributed by atoms with E-state index in [0.717, 1.165) is 11.4 Å². The average Bonchev–Trinajstić information content (AvgIpc) is 3.10. The maximum Gasteiger partial charge on any atom is 0.339 e. The maximum absolute atomic E-state index is 12.7. The Kier molecular flexibility index (Phi) is 4.12. The van der Waals surface area contributed by atoms with Crippen molar-refractivity contribution in [1.82, 2.24) is 24.5 Å². The molecule has 7 heteroatoms. The Morgan fingerprint density at radius 1 is 1.24 bits per heavy atom. The highest BCUT2D eigenvalue weighted by Crippen LogP contribution is 2.51. The van der Waals surface area contributed by atoms with Gasteiger partial charge in [0.25, 0.3) is 0 Å². The zero-order valence-corrected chi connectivity index (χ0v) is 16.7. The standard InChI is InChI=1S/C22H23N5O2/c1-4-26-20(8-9-23-26)19-11-17(22(28)29-5-2)18-12-24-27(21(18)25-19)14-6-7-15-13(3)16(15)10-14/h6-13,15-16H,4-5H2,1-3H3. The van der Waals surface area contributed by atoms with E-state index in [4.69, 9.17) is 9.72 Å². The molecule has 0 N–H and O–H groups in total. The molecule has 1 fully saturated rings. The number of rotatable bonds is 5. The molecule has 3 atom stereocenters. The number of carbonyl (C=O) groups is 1. The SMILES string of the molecule is CCOC(=O)c1cc(-c2ccnn2CC)nc2c1cnn2C1=CC2C(C)C2C=C1. The van der Waals surface area contributed by atoms with Crippen LogP contribution in [0.15, 0.2) is 42.8 Å². The summed E-state index contributed by atoms with van der Waals surface area (Å²) in [5.74, 6) is 1.50. The zero-order valence-electron chi connectivity index (χ0n) is 16.7. The third-order valence-corrected chi connectivity index (χ3v) is 5.93. The number of pyridine rings is 1. The Morgan fingerprint density at radius 3 is 2.86 bits per heavy atom. The van der Waals surface area contributed by atoms with Crippen LogP contribution in [0.5, 0.6) is 0 Å². The minimum absolute atomic E-state index is 0.313. The van der Waals surface area contributed by atoms with E-state index in [1.54, 1.807) is 25.4 Å². The molecule has 2 aliphatic carbocycles. The van der Waals surface area contributed by atoms with Gasteiger partial charge in [-0.15, -0.1) is 0 Å². The number of allylic oxidation sites excluding steroid dienone is 4. The lowest BCUT2D eigenvalue weighted by Crippen LogP contribution is -2.08. The molecular formula is C22H23N5O2. The summed E-state index contributed by atoms with van der Waals surface area (Å²) in [6.07, 6.45) is 10.1. The number of hydrogen-bond donors (Lipinski definition) is 0. The van der Waals surface area contributed by atoms with Gasteiger partial charge in [-0.2, -0.15) is 10.2 Å². The van der Waals surface area contributed by atoms with Crippen LogP contribution >= 0.6 is 0 Å². The number of hydrogen-bond acceptors (Lipinski definition) is 5. The van der Waals surface area contributed by atoms with E-state index < -0.39 is 0 Å². The lowest BCUT2D eigenvalue weighted by atomic mass is 10.1. The Bertz CT molecular complexity index is 1170. The predicted octanol–water partition coefficient (Wildman–Crippen LogP) is 3.78. The third-order valence-electron chi connectivity index (χ3n) is 5.93. The molecular weight excluding hydrogens is 366 g/mol. The largest absolute Gasteiger partial charge is 0.462 e. The summed E-state index contributed by atoms with van der Waals surface area (Å²) in [6, 6.07) is 3.68. The molecule has 1 saturated carbocycles. The van der Waals surface area contributed by atoms with Crippen LogP contribution in [-0.2, 0) is 11.3 Å². The van der Waals surface area contributed by atoms with Gasteiger partial charge in [0, 0.05) is 12.7 Å². The molecule has 3 unspecified atom stereocenters. The van der Waals surface area contributed by atoms with Gasteiger partial charge in [-0.1, -0.05) is 19.1 Å². The Hall–Kier alpha value is -3.22. The fraction of sp³-hybridized carbons (Fsp3) is 0.364. The van der Waals surface area contributed by atoms with Crippen LogP contribution in [-0.4, -0.2) is 37.1 Å². The minimum atomic E-state index is -0.368. The van der Waals surface area contributed by atoms with E-state index in [9.17, 15) is 4.79 Å². The van der Waals surface area contributed by atoms with Gasteiger partial charge in [0.15, 0.2) is 5.65 Å². The first kappa shape index (κ1) is 17.8. The van der Waals surface area contributed by atoms with Crippen molar-refractivity contribution in [3.8, 4) is 11.4 Å². The van der Waals surface area contributed by atoms with E-state index in [1.165, 1.54) is 0 Å². The first-order valence-electron chi connectivity index (χ1n) is 10.1. The molecule has 3 aromatic heterocycles. The minimum Gasteiger partial charge on any atom is -0.462 e. The van der Waals surface area contributed by atoms with Crippen molar-refractivity contribution in [3.63, 3.8) is 0 Å². The average molecular weight is 389 g/mol. The highest BCUT2D eigenvalue weighted by molar-refractivity contribution is 6.04. The van der Waals surface area contributed by atoms with Crippen LogP contribution in [0, 0.1) is 17.8 Å². The van der Waals surface area contributed by atoms with Crippen LogP contribution in [0.3, 0.4) is 0 Å². The summed E-state index contributed by atoms with van der Waals surface area (Å²) in [7, 11) is 0. The highest BCUT2D eigenvalue weighted by atomic mass is 16.5. The van der Waals surface area contributed by atoms with Crippen LogP contribution in [0.4, 0.5) is 0 Å². The number of aromatic nitrogens is 5. The zero-order chi connectivity index (χ0) is 20.1. The third kappa shape index (κ3) is 2.80. The summed E-state index contributed by atoms with van der Waals surface area (Å²) in [5, 5.41) is 9.60. The van der Waals surface area contributed by atoms with Crippen LogP contribution in [0.1, 0.15) is 31.1 Å². The Balaban J connectivity index is 1.70. The summed E-state index contributed by atoms with van der Waals surface area (Å²) in [4.78, 5) is 17.6. The monoisotopic (exact) mass is 389 g/mol. The second kappa shape index (κ2) is 6.69. The van der Waals surface area contributed by atoms with Gasteiger partial charge in [0.05, 0.1) is 40.8 Å². The van der Waals surface area contributed by atoms with Crippen molar-refractivity contribution in [3.05, 3.63) is 48.3 Å². The predicted molar refractivity (Wildman–Crippen MR) is 110 cm³/mol. The van der Waals surface area contributed by atoms with Gasteiger partial charge in [0.2, 0.25) is 0 Å². The maximum atomic E-state index is 12.7. The fourth-order valence-electron chi connectivity index (χ4n) is 4.20. The topological polar surface area (TPSA) is 74.8 Å². The van der Waals surface area contributed by atoms with Crippen molar-refractivity contribution >= 4 is 22.7 Å². The second-order valence-corrected chi connectivity index (χ2v) is 7.57. The first-order chi connectivity index (χ1) is 14.1. The number of ether oxygens (including phenoxy) is 1. The lowest BCUT2D eigenvalue weighted by molar-refractivity contribution is 0.0528. The van der Waals surface area contributed by atoms with Crippen molar-refractivity contribution in [2.45, 2.75) is 27.3 Å². The number of aryl methyl sites for hydroxylation is 1. The molecule has 0 amide bonds. The number of carbonyl (C=O) groups excluding carboxylic acids is 1. The molecule has 0 aromatic carbocycles. The van der Waals surface area contributed by atoms with Gasteiger partial charge in [-0.25, -0.2) is 14.5 Å². The van der Waals surface area contributed by atoms with Gasteiger partial charge >= 0.3 is 5.97 Å². The summed E-state index contributed by atoms with van der Waals surface area (Å²) >= 11 is 0. The smallest absolute Gasteiger partial charge is 0.339 e. The van der Waals surface area contributed by atoms with Gasteiger partial charge < -0.3 is 4.74 Å². The molecule has 0 radical (unpaired) electrons. The quantitative estimate of drug-likeness (QED) is 0.621. The molecule has 0 aliphatic heterocycles. The van der Waals surface area contributed by atoms with Gasteiger partial charge in [0.1, 0.15) is 0 Å². The van der Waals surface area contributed by atoms with Gasteiger partial charge in [-0.3, -0.25) is 4.68 Å². The fourth-order valence-corrected chi connectivity index (χ4v) is 4.20. The Labute approximate surface area is 168 Å². The number of esters is 1. The first-order valence-corrected chi connectivity index (χ1v) is 10.1. The van der Waals surface area contributed by atoms with E-state index in [0.29, 0.717) is 53.2 Å². The summed E-state index contributed by atoms with van der Waals surface area (Å²) in [5.41, 5.74) is 3.66. The summed E-state index contributed by atoms with van der Waals surface area (Å²) < 4.78 is 8.99. The van der Waals surface area contributed by atoms with Crippen LogP contribution in [0.2, 0.25) is 0 Å². The molecule has 0 saturated heterocycles. The second-order valence-electron chi connectivity index (χ2n) is 7.57. The normalized spacial score (nSPS) is 22.4. The molecule has 2 aliphatic rings. The van der Waals surface area contributed by atoms with E-state index in [2.05, 4.69) is 35.3 Å². The molecule has 7 nitrogen and oxygen atoms in total. The molecule has 5 rings (SSSR count). The molecule has 3 heterocycles. The lowest BCUT2D eigenvalue weighted by Gasteiger charge is -2.11. The van der Waals surface area contributed by atoms with Gasteiger partial charge in [-0.05, 0) is 49.8 Å². The van der Waals surface area contributed by atoms with E-state index in [1.807, 2.05) is 22.4 Å². The number of nitrogens with zero attached hydrogens (tertiary/aromatic N) is 5. The molecule has 148 valence electrons. The Morgan fingerprint density at radius 2 is 2.10 bits per heavy atom. The molecule has 0 bridgehead atoms. The van der Waals surface area contributed by atoms with E-state index in [-0.39, 0.29) is 5.97 Å². The van der Waals surface area contributed by atoms with Crippen molar-refractivity contribution in [1.29, 1.82) is 0 Å². The van der Waals surface area contributed by atoms with Crippen LogP contribution < -0.4 is 0 Å². The van der Waals surface area contributed by atoms with Crippen LogP contribution in [0.25, 0.3) is 28.1 Å². The molecule has 3 aromatic rings. The van der Waals surface area contributed by atoms with Crippen molar-refractivity contribution < 1.29 is 9.53 Å². The highest BCUT2D eigenvalue weighted by Gasteiger charge is 2.44. The summed E-state index contributed by atoms with van der Waals surface area (Å²) in [6.45, 7) is 7.12. The molecule has 0 spiro atoms. The van der Waals surface area contributed by atoms with Crippen molar-refractivity contribution in [2.75, 3.05) is 6.61 Å². The molecule has 29 heavy (non-hydrogen) atoms. The van der Waals surface area contributed by atoms with E-state index >= 15 is 0 Å². The van der Waals surface area contributed by atoms with Crippen molar-refractivity contribution in [2.24, 2.45) is 17.8 Å².